The normalized spacial score (nSPS) is 12.0. The summed E-state index contributed by atoms with van der Waals surface area (Å²) >= 11 is 0. The number of hydrogen-bond acceptors (Lipinski definition) is 4. The van der Waals surface area contributed by atoms with E-state index in [2.05, 4.69) is 5.32 Å². The lowest BCUT2D eigenvalue weighted by atomic mass is 10.1. The molecule has 0 heterocycles. The zero-order chi connectivity index (χ0) is 13.7. The molecule has 0 bridgehead atoms. The summed E-state index contributed by atoms with van der Waals surface area (Å²) in [6, 6.07) is 3.54. The van der Waals surface area contributed by atoms with Crippen LogP contribution >= 0.6 is 0 Å². The Morgan fingerprint density at radius 2 is 2.17 bits per heavy atom. The lowest BCUT2D eigenvalue weighted by molar-refractivity contribution is -0.137. The zero-order valence-electron chi connectivity index (χ0n) is 11.0. The summed E-state index contributed by atoms with van der Waals surface area (Å²) in [7, 11) is 1.61. The maximum atomic E-state index is 10.5. The molecule has 1 aromatic carbocycles. The predicted molar refractivity (Wildman–Crippen MR) is 71.2 cm³/mol. The largest absolute Gasteiger partial charge is 0.495 e. The Morgan fingerprint density at radius 3 is 2.72 bits per heavy atom. The van der Waals surface area contributed by atoms with Gasteiger partial charge in [0, 0.05) is 12.6 Å². The number of aliphatic carboxylic acids is 1. The molecule has 0 radical (unpaired) electrons. The van der Waals surface area contributed by atoms with Crippen molar-refractivity contribution in [1.29, 1.82) is 0 Å². The molecule has 0 spiro atoms. The van der Waals surface area contributed by atoms with Crippen LogP contribution in [0, 0.1) is 13.8 Å². The van der Waals surface area contributed by atoms with Gasteiger partial charge in [0.1, 0.15) is 5.75 Å². The molecule has 100 valence electrons. The number of carbonyl (C=O) groups is 1. The topological polar surface area (TPSA) is 84.6 Å². The van der Waals surface area contributed by atoms with Gasteiger partial charge in [0.2, 0.25) is 0 Å². The fourth-order valence-corrected chi connectivity index (χ4v) is 1.85. The number of hydrogen-bond donors (Lipinski definition) is 3. The summed E-state index contributed by atoms with van der Waals surface area (Å²) in [4.78, 5) is 10.5. The van der Waals surface area contributed by atoms with Gasteiger partial charge in [-0.15, -0.1) is 0 Å². The molecule has 5 nitrogen and oxygen atoms in total. The first-order valence-electron chi connectivity index (χ1n) is 5.80. The highest BCUT2D eigenvalue weighted by molar-refractivity contribution is 5.68. The van der Waals surface area contributed by atoms with Gasteiger partial charge >= 0.3 is 5.97 Å². The SMILES string of the molecule is COc1cc(C)cc(C)c1NCC(N)CC(=O)O. The van der Waals surface area contributed by atoms with E-state index in [9.17, 15) is 4.79 Å². The first-order valence-corrected chi connectivity index (χ1v) is 5.80. The molecule has 1 atom stereocenters. The van der Waals surface area contributed by atoms with Gasteiger partial charge in [0.25, 0.3) is 0 Å². The van der Waals surface area contributed by atoms with Crippen LogP contribution < -0.4 is 15.8 Å². The van der Waals surface area contributed by atoms with Crippen LogP contribution in [0.15, 0.2) is 12.1 Å². The van der Waals surface area contributed by atoms with Gasteiger partial charge < -0.3 is 20.9 Å². The van der Waals surface area contributed by atoms with Crippen LogP contribution in [-0.2, 0) is 4.79 Å². The quantitative estimate of drug-likeness (QED) is 0.715. The Morgan fingerprint density at radius 1 is 1.50 bits per heavy atom. The maximum Gasteiger partial charge on any atom is 0.304 e. The van der Waals surface area contributed by atoms with Gasteiger partial charge in [-0.25, -0.2) is 0 Å². The number of nitrogens with one attached hydrogen (secondary N) is 1. The number of carboxylic acid groups (broad SMARTS) is 1. The fraction of sp³-hybridized carbons (Fsp3) is 0.462. The number of rotatable bonds is 6. The first-order chi connectivity index (χ1) is 8.43. The summed E-state index contributed by atoms with van der Waals surface area (Å²) in [5.41, 5.74) is 8.74. The van der Waals surface area contributed by atoms with Crippen molar-refractivity contribution in [3.63, 3.8) is 0 Å². The highest BCUT2D eigenvalue weighted by Crippen LogP contribution is 2.29. The van der Waals surface area contributed by atoms with E-state index in [0.29, 0.717) is 6.54 Å². The van der Waals surface area contributed by atoms with E-state index in [1.54, 1.807) is 7.11 Å². The van der Waals surface area contributed by atoms with Crippen molar-refractivity contribution in [2.24, 2.45) is 5.73 Å². The highest BCUT2D eigenvalue weighted by atomic mass is 16.5. The number of ether oxygens (including phenoxy) is 1. The molecule has 0 amide bonds. The number of anilines is 1. The molecular formula is C13H20N2O3. The molecule has 1 aromatic rings. The van der Waals surface area contributed by atoms with Crippen molar-refractivity contribution in [1.82, 2.24) is 0 Å². The minimum atomic E-state index is -0.892. The minimum absolute atomic E-state index is 0.0553. The van der Waals surface area contributed by atoms with E-state index in [-0.39, 0.29) is 6.42 Å². The van der Waals surface area contributed by atoms with Gasteiger partial charge in [0.05, 0.1) is 19.2 Å². The lowest BCUT2D eigenvalue weighted by Gasteiger charge is -2.17. The Bertz CT molecular complexity index is 432. The molecular weight excluding hydrogens is 232 g/mol. The minimum Gasteiger partial charge on any atom is -0.495 e. The van der Waals surface area contributed by atoms with Crippen LogP contribution in [0.5, 0.6) is 5.75 Å². The van der Waals surface area contributed by atoms with E-state index >= 15 is 0 Å². The molecule has 1 rings (SSSR count). The lowest BCUT2D eigenvalue weighted by Crippen LogP contribution is -2.31. The van der Waals surface area contributed by atoms with Crippen LogP contribution in [0.4, 0.5) is 5.69 Å². The van der Waals surface area contributed by atoms with Crippen LogP contribution in [0.3, 0.4) is 0 Å². The first kappa shape index (κ1) is 14.3. The molecule has 0 saturated carbocycles. The Kier molecular flexibility index (Phi) is 4.97. The summed E-state index contributed by atoms with van der Waals surface area (Å²) in [6.07, 6.45) is -0.0553. The molecule has 0 saturated heterocycles. The second-order valence-corrected chi connectivity index (χ2v) is 4.40. The van der Waals surface area contributed by atoms with E-state index < -0.39 is 12.0 Å². The summed E-state index contributed by atoms with van der Waals surface area (Å²) in [5, 5.41) is 11.8. The van der Waals surface area contributed by atoms with Gasteiger partial charge in [-0.1, -0.05) is 6.07 Å². The van der Waals surface area contributed by atoms with Crippen LogP contribution in [0.2, 0.25) is 0 Å². The Balaban J connectivity index is 2.75. The van der Waals surface area contributed by atoms with Gasteiger partial charge in [0.15, 0.2) is 0 Å². The predicted octanol–water partition coefficient (Wildman–Crippen LogP) is 1.53. The molecule has 0 aliphatic carbocycles. The second-order valence-electron chi connectivity index (χ2n) is 4.40. The standard InChI is InChI=1S/C13H20N2O3/c1-8-4-9(2)13(11(5-8)18-3)15-7-10(14)6-12(16)17/h4-5,10,15H,6-7,14H2,1-3H3,(H,16,17). The third-order valence-corrected chi connectivity index (χ3v) is 2.64. The molecule has 1 unspecified atom stereocenters. The highest BCUT2D eigenvalue weighted by Gasteiger charge is 2.11. The monoisotopic (exact) mass is 252 g/mol. The van der Waals surface area contributed by atoms with Crippen molar-refractivity contribution >= 4 is 11.7 Å². The van der Waals surface area contributed by atoms with Gasteiger partial charge in [-0.05, 0) is 31.0 Å². The Hall–Kier alpha value is -1.75. The van der Waals surface area contributed by atoms with Crippen molar-refractivity contribution in [3.05, 3.63) is 23.3 Å². The second kappa shape index (κ2) is 6.26. The molecule has 18 heavy (non-hydrogen) atoms. The summed E-state index contributed by atoms with van der Waals surface area (Å²) in [6.45, 7) is 4.36. The van der Waals surface area contributed by atoms with E-state index in [1.165, 1.54) is 0 Å². The van der Waals surface area contributed by atoms with Gasteiger partial charge in [-0.2, -0.15) is 0 Å². The average molecular weight is 252 g/mol. The van der Waals surface area contributed by atoms with E-state index in [1.807, 2.05) is 26.0 Å². The van der Waals surface area contributed by atoms with Crippen LogP contribution in [0.1, 0.15) is 17.5 Å². The van der Waals surface area contributed by atoms with Crippen molar-refractivity contribution in [2.75, 3.05) is 19.0 Å². The smallest absolute Gasteiger partial charge is 0.304 e. The average Bonchev–Trinajstić information content (AvgIpc) is 2.25. The zero-order valence-corrected chi connectivity index (χ0v) is 11.0. The number of methoxy groups -OCH3 is 1. The summed E-state index contributed by atoms with van der Waals surface area (Å²) < 4.78 is 5.30. The molecule has 0 aromatic heterocycles. The maximum absolute atomic E-state index is 10.5. The number of aryl methyl sites for hydroxylation is 2. The molecule has 0 fully saturated rings. The number of nitrogens with two attached hydrogens (primary N) is 1. The summed E-state index contributed by atoms with van der Waals surface area (Å²) in [5.74, 6) is -0.146. The van der Waals surface area contributed by atoms with Gasteiger partial charge in [-0.3, -0.25) is 4.79 Å². The van der Waals surface area contributed by atoms with Crippen molar-refractivity contribution in [2.45, 2.75) is 26.3 Å². The Labute approximate surface area is 107 Å². The molecule has 5 heteroatoms. The number of carboxylic acids is 1. The molecule has 4 N–H and O–H groups in total. The third-order valence-electron chi connectivity index (χ3n) is 2.64. The van der Waals surface area contributed by atoms with Crippen LogP contribution in [-0.4, -0.2) is 30.8 Å². The fourth-order valence-electron chi connectivity index (χ4n) is 1.85. The van der Waals surface area contributed by atoms with E-state index in [4.69, 9.17) is 15.6 Å². The molecule has 0 aliphatic rings. The third kappa shape index (κ3) is 3.92. The number of benzene rings is 1. The molecule has 0 aliphatic heterocycles. The van der Waals surface area contributed by atoms with E-state index in [0.717, 1.165) is 22.6 Å². The van der Waals surface area contributed by atoms with Crippen molar-refractivity contribution in [3.8, 4) is 5.75 Å². The van der Waals surface area contributed by atoms with Crippen LogP contribution in [0.25, 0.3) is 0 Å². The van der Waals surface area contributed by atoms with Crippen molar-refractivity contribution < 1.29 is 14.6 Å².